The standard InChI is InChI=1S/C12H16ClN5S/c1-2-19-8-4-3-7(5-8)15-10-9-6-14-18-11(9)17-12(13)16-10/h6-8H,2-5H2,1H3,(H2,14,15,16,17,18). The number of nitrogens with zero attached hydrogens (tertiary/aromatic N) is 3. The number of H-pyrrole nitrogens is 1. The van der Waals surface area contributed by atoms with Gasteiger partial charge in [-0.05, 0) is 36.6 Å². The van der Waals surface area contributed by atoms with E-state index in [2.05, 4.69) is 32.4 Å². The Morgan fingerprint density at radius 2 is 2.37 bits per heavy atom. The molecule has 1 fully saturated rings. The molecule has 102 valence electrons. The second kappa shape index (κ2) is 5.54. The van der Waals surface area contributed by atoms with Gasteiger partial charge in [0.1, 0.15) is 5.82 Å². The third-order valence-corrected chi connectivity index (χ3v) is 4.81. The molecule has 2 atom stereocenters. The molecular formula is C12H16ClN5S. The SMILES string of the molecule is CCSC1CCC(Nc2nc(Cl)nc3[nH]ncc23)C1. The molecule has 0 amide bonds. The van der Waals surface area contributed by atoms with E-state index in [1.54, 1.807) is 6.20 Å². The van der Waals surface area contributed by atoms with Crippen molar-refractivity contribution in [2.45, 2.75) is 37.5 Å². The Bertz CT molecular complexity index is 572. The molecule has 2 N–H and O–H groups in total. The van der Waals surface area contributed by atoms with E-state index in [1.807, 2.05) is 11.8 Å². The maximum atomic E-state index is 5.93. The van der Waals surface area contributed by atoms with Crippen LogP contribution in [0.2, 0.25) is 5.28 Å². The van der Waals surface area contributed by atoms with Crippen LogP contribution in [0.1, 0.15) is 26.2 Å². The van der Waals surface area contributed by atoms with Crippen LogP contribution in [0.25, 0.3) is 11.0 Å². The third-order valence-electron chi connectivity index (χ3n) is 3.41. The Morgan fingerprint density at radius 3 is 3.21 bits per heavy atom. The van der Waals surface area contributed by atoms with Gasteiger partial charge in [0.15, 0.2) is 5.65 Å². The fourth-order valence-electron chi connectivity index (χ4n) is 2.57. The molecule has 1 aliphatic rings. The molecule has 5 nitrogen and oxygen atoms in total. The van der Waals surface area contributed by atoms with Gasteiger partial charge in [0.05, 0.1) is 11.6 Å². The maximum absolute atomic E-state index is 5.93. The molecule has 19 heavy (non-hydrogen) atoms. The topological polar surface area (TPSA) is 66.5 Å². The highest BCUT2D eigenvalue weighted by atomic mass is 35.5. The number of hydrogen-bond donors (Lipinski definition) is 2. The monoisotopic (exact) mass is 297 g/mol. The number of anilines is 1. The van der Waals surface area contributed by atoms with Crippen molar-refractivity contribution in [3.05, 3.63) is 11.5 Å². The molecule has 0 aromatic carbocycles. The molecule has 2 heterocycles. The summed E-state index contributed by atoms with van der Waals surface area (Å²) in [7, 11) is 0. The second-order valence-corrected chi connectivity index (χ2v) is 6.62. The van der Waals surface area contributed by atoms with Crippen molar-refractivity contribution in [2.75, 3.05) is 11.1 Å². The molecule has 0 aliphatic heterocycles. The van der Waals surface area contributed by atoms with E-state index in [1.165, 1.54) is 25.0 Å². The zero-order chi connectivity index (χ0) is 13.2. The van der Waals surface area contributed by atoms with E-state index in [-0.39, 0.29) is 5.28 Å². The normalized spacial score (nSPS) is 23.1. The van der Waals surface area contributed by atoms with E-state index in [4.69, 9.17) is 11.6 Å². The number of rotatable bonds is 4. The number of fused-ring (bicyclic) bond motifs is 1. The minimum Gasteiger partial charge on any atom is -0.367 e. The van der Waals surface area contributed by atoms with Gasteiger partial charge in [0.2, 0.25) is 5.28 Å². The van der Waals surface area contributed by atoms with Crippen LogP contribution in [0.15, 0.2) is 6.20 Å². The summed E-state index contributed by atoms with van der Waals surface area (Å²) in [6.45, 7) is 2.21. The van der Waals surface area contributed by atoms with Crippen molar-refractivity contribution in [3.8, 4) is 0 Å². The summed E-state index contributed by atoms with van der Waals surface area (Å²) in [6, 6.07) is 0.466. The van der Waals surface area contributed by atoms with Gasteiger partial charge >= 0.3 is 0 Å². The zero-order valence-corrected chi connectivity index (χ0v) is 12.3. The van der Waals surface area contributed by atoms with Crippen LogP contribution in [0.5, 0.6) is 0 Å². The molecule has 0 radical (unpaired) electrons. The average molecular weight is 298 g/mol. The minimum atomic E-state index is 0.247. The summed E-state index contributed by atoms with van der Waals surface area (Å²) in [5.74, 6) is 1.97. The van der Waals surface area contributed by atoms with Crippen LogP contribution < -0.4 is 5.32 Å². The van der Waals surface area contributed by atoms with Gasteiger partial charge in [-0.25, -0.2) is 0 Å². The Morgan fingerprint density at radius 1 is 1.47 bits per heavy atom. The smallest absolute Gasteiger partial charge is 0.226 e. The first-order valence-electron chi connectivity index (χ1n) is 6.51. The molecule has 0 spiro atoms. The van der Waals surface area contributed by atoms with Crippen molar-refractivity contribution < 1.29 is 0 Å². The summed E-state index contributed by atoms with van der Waals surface area (Å²) in [4.78, 5) is 8.39. The van der Waals surface area contributed by atoms with Gasteiger partial charge in [0, 0.05) is 11.3 Å². The lowest BCUT2D eigenvalue weighted by molar-refractivity contribution is 0.753. The van der Waals surface area contributed by atoms with E-state index in [0.29, 0.717) is 11.7 Å². The second-order valence-electron chi connectivity index (χ2n) is 4.71. The highest BCUT2D eigenvalue weighted by Gasteiger charge is 2.25. The number of halogens is 1. The van der Waals surface area contributed by atoms with Gasteiger partial charge in [0.25, 0.3) is 0 Å². The van der Waals surface area contributed by atoms with E-state index < -0.39 is 0 Å². The molecule has 1 aliphatic carbocycles. The van der Waals surface area contributed by atoms with Crippen molar-refractivity contribution >= 4 is 40.2 Å². The largest absolute Gasteiger partial charge is 0.367 e. The van der Waals surface area contributed by atoms with Crippen molar-refractivity contribution in [1.29, 1.82) is 0 Å². The van der Waals surface area contributed by atoms with Crippen molar-refractivity contribution in [2.24, 2.45) is 0 Å². The van der Waals surface area contributed by atoms with Gasteiger partial charge in [-0.15, -0.1) is 0 Å². The van der Waals surface area contributed by atoms with Crippen molar-refractivity contribution in [3.63, 3.8) is 0 Å². The highest BCUT2D eigenvalue weighted by molar-refractivity contribution is 7.99. The lowest BCUT2D eigenvalue weighted by Crippen LogP contribution is -2.17. The summed E-state index contributed by atoms with van der Waals surface area (Å²) in [6.07, 6.45) is 5.36. The zero-order valence-electron chi connectivity index (χ0n) is 10.7. The van der Waals surface area contributed by atoms with Crippen LogP contribution in [-0.4, -0.2) is 37.2 Å². The van der Waals surface area contributed by atoms with Gasteiger partial charge < -0.3 is 5.32 Å². The fraction of sp³-hybridized carbons (Fsp3) is 0.583. The summed E-state index contributed by atoms with van der Waals surface area (Å²) >= 11 is 7.97. The van der Waals surface area contributed by atoms with Gasteiger partial charge in [-0.2, -0.15) is 26.8 Å². The Kier molecular flexibility index (Phi) is 3.79. The molecular weight excluding hydrogens is 282 g/mol. The van der Waals surface area contributed by atoms with E-state index >= 15 is 0 Å². The molecule has 2 unspecified atom stereocenters. The lowest BCUT2D eigenvalue weighted by atomic mass is 10.2. The minimum absolute atomic E-state index is 0.247. The number of hydrogen-bond acceptors (Lipinski definition) is 5. The van der Waals surface area contributed by atoms with Crippen LogP contribution in [0, 0.1) is 0 Å². The molecule has 2 aromatic heterocycles. The first-order chi connectivity index (χ1) is 9.26. The first-order valence-corrected chi connectivity index (χ1v) is 7.93. The summed E-state index contributed by atoms with van der Waals surface area (Å²) < 4.78 is 0. The number of aromatic amines is 1. The Labute approximate surface area is 120 Å². The van der Waals surface area contributed by atoms with Crippen molar-refractivity contribution in [1.82, 2.24) is 20.2 Å². The molecule has 0 bridgehead atoms. The molecule has 2 aromatic rings. The molecule has 3 rings (SSSR count). The number of aromatic nitrogens is 4. The van der Waals surface area contributed by atoms with Crippen LogP contribution in [0.4, 0.5) is 5.82 Å². The number of thioether (sulfide) groups is 1. The van der Waals surface area contributed by atoms with E-state index in [0.717, 1.165) is 16.5 Å². The Balaban J connectivity index is 1.77. The number of nitrogens with one attached hydrogen (secondary N) is 2. The fourth-order valence-corrected chi connectivity index (χ4v) is 3.88. The van der Waals surface area contributed by atoms with Gasteiger partial charge in [-0.1, -0.05) is 6.92 Å². The Hall–Kier alpha value is -1.01. The van der Waals surface area contributed by atoms with Crippen LogP contribution in [-0.2, 0) is 0 Å². The molecule has 1 saturated carbocycles. The molecule has 0 saturated heterocycles. The summed E-state index contributed by atoms with van der Waals surface area (Å²) in [5, 5.41) is 12.2. The quantitative estimate of drug-likeness (QED) is 0.849. The van der Waals surface area contributed by atoms with Crippen LogP contribution >= 0.6 is 23.4 Å². The van der Waals surface area contributed by atoms with Crippen LogP contribution in [0.3, 0.4) is 0 Å². The highest BCUT2D eigenvalue weighted by Crippen LogP contribution is 2.32. The maximum Gasteiger partial charge on any atom is 0.226 e. The molecule has 7 heteroatoms. The third kappa shape index (κ3) is 2.79. The van der Waals surface area contributed by atoms with E-state index in [9.17, 15) is 0 Å². The van der Waals surface area contributed by atoms with Gasteiger partial charge in [-0.3, -0.25) is 5.10 Å². The lowest BCUT2D eigenvalue weighted by Gasteiger charge is -2.14. The predicted molar refractivity (Wildman–Crippen MR) is 79.9 cm³/mol. The summed E-state index contributed by atoms with van der Waals surface area (Å²) in [5.41, 5.74) is 0.681. The average Bonchev–Trinajstić information content (AvgIpc) is 2.98. The predicted octanol–water partition coefficient (Wildman–Crippen LogP) is 3.09. The first kappa shape index (κ1) is 13.0.